The molecule has 3 nitrogen and oxygen atoms in total. The Morgan fingerprint density at radius 3 is 2.69 bits per heavy atom. The minimum absolute atomic E-state index is 0.283. The second-order valence-electron chi connectivity index (χ2n) is 3.58. The van der Waals surface area contributed by atoms with E-state index in [1.807, 2.05) is 0 Å². The lowest BCUT2D eigenvalue weighted by atomic mass is 10.2. The molecule has 88 valence electrons. The summed E-state index contributed by atoms with van der Waals surface area (Å²) >= 11 is 15.2. The van der Waals surface area contributed by atoms with E-state index in [1.54, 1.807) is 12.1 Å². The lowest BCUT2D eigenvalue weighted by molar-refractivity contribution is 0.0738. The Morgan fingerprint density at radius 2 is 2.06 bits per heavy atom. The number of hydrogen-bond donors (Lipinski definition) is 2. The first-order chi connectivity index (χ1) is 7.58. The highest BCUT2D eigenvalue weighted by atomic mass is 79.9. The van der Waals surface area contributed by atoms with Crippen molar-refractivity contribution in [2.75, 3.05) is 13.1 Å². The van der Waals surface area contributed by atoms with Crippen molar-refractivity contribution in [2.24, 2.45) is 0 Å². The third kappa shape index (κ3) is 2.63. The molecule has 6 heteroatoms. The first-order valence-electron chi connectivity index (χ1n) is 4.78. The fraction of sp³-hybridized carbons (Fsp3) is 0.400. The first-order valence-corrected chi connectivity index (χ1v) is 6.33. The zero-order chi connectivity index (χ0) is 11.7. The van der Waals surface area contributed by atoms with Crippen LogP contribution < -0.4 is 10.1 Å². The highest BCUT2D eigenvalue weighted by Gasteiger charge is 2.27. The average molecular weight is 327 g/mol. The van der Waals surface area contributed by atoms with Crippen LogP contribution in [0.4, 0.5) is 0 Å². The highest BCUT2D eigenvalue weighted by Crippen LogP contribution is 2.34. The maximum absolute atomic E-state index is 9.59. The first kappa shape index (κ1) is 12.5. The molecule has 0 spiro atoms. The monoisotopic (exact) mass is 325 g/mol. The Hall–Kier alpha value is -0.0000000000000000555. The standard InChI is InChI=1S/C10H10BrCl2NO2/c11-5-1-7(13)9(2-6(5)12)16-10-4-14-3-8(10)15/h1-2,8,10,14-15H,3-4H2. The largest absolute Gasteiger partial charge is 0.485 e. The zero-order valence-electron chi connectivity index (χ0n) is 8.21. The molecule has 0 radical (unpaired) electrons. The number of rotatable bonds is 2. The number of ether oxygens (including phenoxy) is 1. The molecule has 2 rings (SSSR count). The molecular weight excluding hydrogens is 317 g/mol. The molecule has 2 atom stereocenters. The van der Waals surface area contributed by atoms with Gasteiger partial charge in [-0.15, -0.1) is 0 Å². The number of aliphatic hydroxyl groups is 1. The Labute approximate surface area is 112 Å². The highest BCUT2D eigenvalue weighted by molar-refractivity contribution is 9.10. The molecule has 0 bridgehead atoms. The molecule has 0 aliphatic carbocycles. The summed E-state index contributed by atoms with van der Waals surface area (Å²) in [4.78, 5) is 0. The van der Waals surface area contributed by atoms with E-state index in [0.29, 0.717) is 28.9 Å². The Bertz CT molecular complexity index is 403. The number of aliphatic hydroxyl groups excluding tert-OH is 1. The molecule has 1 aromatic carbocycles. The van der Waals surface area contributed by atoms with Crippen LogP contribution in [0.25, 0.3) is 0 Å². The second kappa shape index (κ2) is 5.10. The van der Waals surface area contributed by atoms with Crippen LogP contribution in [0.2, 0.25) is 10.0 Å². The number of halogens is 3. The molecule has 1 aliphatic heterocycles. The molecule has 2 unspecified atom stereocenters. The molecule has 1 heterocycles. The van der Waals surface area contributed by atoms with Crippen LogP contribution in [-0.2, 0) is 0 Å². The fourth-order valence-corrected chi connectivity index (χ4v) is 2.36. The van der Waals surface area contributed by atoms with E-state index in [-0.39, 0.29) is 6.10 Å². The third-order valence-corrected chi connectivity index (χ3v) is 3.87. The summed E-state index contributed by atoms with van der Waals surface area (Å²) in [6, 6.07) is 3.31. The van der Waals surface area contributed by atoms with Crippen LogP contribution >= 0.6 is 39.1 Å². The summed E-state index contributed by atoms with van der Waals surface area (Å²) in [6.07, 6.45) is -0.798. The van der Waals surface area contributed by atoms with Gasteiger partial charge in [-0.05, 0) is 22.0 Å². The van der Waals surface area contributed by atoms with Gasteiger partial charge in [-0.3, -0.25) is 0 Å². The number of nitrogens with one attached hydrogen (secondary N) is 1. The van der Waals surface area contributed by atoms with Crippen LogP contribution in [0.15, 0.2) is 16.6 Å². The van der Waals surface area contributed by atoms with Gasteiger partial charge in [0, 0.05) is 23.6 Å². The molecule has 1 aromatic rings. The quantitative estimate of drug-likeness (QED) is 0.820. The normalized spacial score (nSPS) is 24.8. The summed E-state index contributed by atoms with van der Waals surface area (Å²) in [6.45, 7) is 1.14. The average Bonchev–Trinajstić information content (AvgIpc) is 2.61. The maximum Gasteiger partial charge on any atom is 0.140 e. The van der Waals surface area contributed by atoms with E-state index < -0.39 is 6.10 Å². The molecule has 1 saturated heterocycles. The van der Waals surface area contributed by atoms with E-state index in [2.05, 4.69) is 21.2 Å². The van der Waals surface area contributed by atoms with Crippen molar-refractivity contribution >= 4 is 39.1 Å². The molecule has 0 amide bonds. The Kier molecular flexibility index (Phi) is 3.97. The van der Waals surface area contributed by atoms with Crippen molar-refractivity contribution in [1.82, 2.24) is 5.32 Å². The number of hydrogen-bond acceptors (Lipinski definition) is 3. The van der Waals surface area contributed by atoms with Crippen molar-refractivity contribution in [1.29, 1.82) is 0 Å². The minimum Gasteiger partial charge on any atom is -0.485 e. The summed E-state index contributed by atoms with van der Waals surface area (Å²) in [5, 5.41) is 13.6. The summed E-state index contributed by atoms with van der Waals surface area (Å²) in [5.74, 6) is 0.489. The molecule has 2 N–H and O–H groups in total. The predicted octanol–water partition coefficient (Wildman–Crippen LogP) is 2.47. The predicted molar refractivity (Wildman–Crippen MR) is 67.5 cm³/mol. The zero-order valence-corrected chi connectivity index (χ0v) is 11.3. The van der Waals surface area contributed by atoms with Crippen LogP contribution in [-0.4, -0.2) is 30.4 Å². The van der Waals surface area contributed by atoms with Gasteiger partial charge in [0.05, 0.1) is 10.0 Å². The smallest absolute Gasteiger partial charge is 0.140 e. The van der Waals surface area contributed by atoms with Gasteiger partial charge in [0.1, 0.15) is 18.0 Å². The van der Waals surface area contributed by atoms with Gasteiger partial charge in [-0.2, -0.15) is 0 Å². The van der Waals surface area contributed by atoms with Crippen LogP contribution in [0.3, 0.4) is 0 Å². The van der Waals surface area contributed by atoms with Gasteiger partial charge < -0.3 is 15.2 Å². The van der Waals surface area contributed by atoms with Crippen molar-refractivity contribution in [2.45, 2.75) is 12.2 Å². The van der Waals surface area contributed by atoms with E-state index in [0.717, 1.165) is 4.47 Å². The van der Waals surface area contributed by atoms with Crippen LogP contribution in [0.1, 0.15) is 0 Å². The van der Waals surface area contributed by atoms with E-state index >= 15 is 0 Å². The molecular formula is C10H10BrCl2NO2. The van der Waals surface area contributed by atoms with E-state index in [1.165, 1.54) is 0 Å². The van der Waals surface area contributed by atoms with Crippen molar-refractivity contribution < 1.29 is 9.84 Å². The molecule has 16 heavy (non-hydrogen) atoms. The van der Waals surface area contributed by atoms with E-state index in [4.69, 9.17) is 27.9 Å². The number of β-amino-alcohol motifs (C(OH)–C–C–N with tert-alkyl or cyclic N) is 1. The fourth-order valence-electron chi connectivity index (χ4n) is 1.52. The lowest BCUT2D eigenvalue weighted by Gasteiger charge is -2.17. The van der Waals surface area contributed by atoms with Crippen molar-refractivity contribution in [3.63, 3.8) is 0 Å². The molecule has 0 saturated carbocycles. The lowest BCUT2D eigenvalue weighted by Crippen LogP contribution is -2.29. The Balaban J connectivity index is 2.18. The topological polar surface area (TPSA) is 41.5 Å². The van der Waals surface area contributed by atoms with Crippen molar-refractivity contribution in [3.8, 4) is 5.75 Å². The summed E-state index contributed by atoms with van der Waals surface area (Å²) < 4.78 is 6.32. The number of benzene rings is 1. The molecule has 1 aliphatic rings. The molecule has 1 fully saturated rings. The molecule has 0 aromatic heterocycles. The summed E-state index contributed by atoms with van der Waals surface area (Å²) in [7, 11) is 0. The van der Waals surface area contributed by atoms with Crippen LogP contribution in [0, 0.1) is 0 Å². The van der Waals surface area contributed by atoms with Crippen LogP contribution in [0.5, 0.6) is 5.75 Å². The van der Waals surface area contributed by atoms with Gasteiger partial charge >= 0.3 is 0 Å². The Morgan fingerprint density at radius 1 is 1.31 bits per heavy atom. The second-order valence-corrected chi connectivity index (χ2v) is 5.25. The maximum atomic E-state index is 9.59. The van der Waals surface area contributed by atoms with Gasteiger partial charge in [0.2, 0.25) is 0 Å². The van der Waals surface area contributed by atoms with Gasteiger partial charge in [-0.1, -0.05) is 23.2 Å². The van der Waals surface area contributed by atoms with Gasteiger partial charge in [0.25, 0.3) is 0 Å². The van der Waals surface area contributed by atoms with Gasteiger partial charge in [-0.25, -0.2) is 0 Å². The minimum atomic E-state index is -0.515. The van der Waals surface area contributed by atoms with Crippen molar-refractivity contribution in [3.05, 3.63) is 26.7 Å². The van der Waals surface area contributed by atoms with Gasteiger partial charge in [0.15, 0.2) is 0 Å². The third-order valence-electron chi connectivity index (χ3n) is 2.38. The van der Waals surface area contributed by atoms with E-state index in [9.17, 15) is 5.11 Å². The summed E-state index contributed by atoms with van der Waals surface area (Å²) in [5.41, 5.74) is 0. The SMILES string of the molecule is OC1CNCC1Oc1cc(Cl)c(Br)cc1Cl.